The molecular formula is C15H16ClN3O. The minimum Gasteiger partial charge on any atom is -0.399 e. The van der Waals surface area contributed by atoms with Gasteiger partial charge in [-0.25, -0.2) is 4.98 Å². The summed E-state index contributed by atoms with van der Waals surface area (Å²) in [6.07, 6.45) is 1.42. The molecular weight excluding hydrogens is 274 g/mol. The van der Waals surface area contributed by atoms with E-state index in [4.69, 9.17) is 23.1 Å². The largest absolute Gasteiger partial charge is 0.399 e. The topological polar surface area (TPSA) is 82.0 Å². The Morgan fingerprint density at radius 3 is 2.40 bits per heavy atom. The number of carbonyl (C=O) groups is 1. The molecule has 5 heteroatoms. The van der Waals surface area contributed by atoms with E-state index in [9.17, 15) is 4.79 Å². The quantitative estimate of drug-likeness (QED) is 0.672. The molecule has 1 heterocycles. The fourth-order valence-corrected chi connectivity index (χ4v) is 2.16. The van der Waals surface area contributed by atoms with Gasteiger partial charge in [-0.2, -0.15) is 0 Å². The Morgan fingerprint density at radius 1 is 1.20 bits per heavy atom. The van der Waals surface area contributed by atoms with Gasteiger partial charge in [-0.15, -0.1) is 0 Å². The summed E-state index contributed by atoms with van der Waals surface area (Å²) in [4.78, 5) is 16.6. The molecule has 0 aliphatic heterocycles. The van der Waals surface area contributed by atoms with E-state index in [1.807, 2.05) is 26.0 Å². The summed E-state index contributed by atoms with van der Waals surface area (Å²) >= 11 is 5.89. The molecule has 1 aromatic carbocycles. The number of rotatable bonds is 3. The SMILES string of the molecule is CC(C)(C(=O)c1cc(Cl)cnc1N)c1ccc(N)cc1. The van der Waals surface area contributed by atoms with Gasteiger partial charge in [0.15, 0.2) is 5.78 Å². The van der Waals surface area contributed by atoms with Crippen LogP contribution in [0.15, 0.2) is 36.5 Å². The van der Waals surface area contributed by atoms with Crippen LogP contribution in [0.5, 0.6) is 0 Å². The second-order valence-electron chi connectivity index (χ2n) is 5.16. The van der Waals surface area contributed by atoms with Crippen molar-refractivity contribution in [1.82, 2.24) is 4.98 Å². The molecule has 0 aliphatic carbocycles. The summed E-state index contributed by atoms with van der Waals surface area (Å²) in [5.41, 5.74) is 12.5. The minimum atomic E-state index is -0.742. The van der Waals surface area contributed by atoms with Gasteiger partial charge in [0.2, 0.25) is 0 Å². The van der Waals surface area contributed by atoms with E-state index >= 15 is 0 Å². The third-order valence-corrected chi connectivity index (χ3v) is 3.54. The number of hydrogen-bond donors (Lipinski definition) is 2. The molecule has 0 atom stereocenters. The van der Waals surface area contributed by atoms with Crippen molar-refractivity contribution < 1.29 is 4.79 Å². The summed E-state index contributed by atoms with van der Waals surface area (Å²) in [7, 11) is 0. The van der Waals surface area contributed by atoms with Crippen molar-refractivity contribution in [3.05, 3.63) is 52.7 Å². The Balaban J connectivity index is 2.45. The van der Waals surface area contributed by atoms with Crippen LogP contribution in [0.1, 0.15) is 29.8 Å². The Bertz CT molecular complexity index is 651. The molecule has 0 unspecified atom stereocenters. The first kappa shape index (κ1) is 14.3. The molecule has 104 valence electrons. The highest BCUT2D eigenvalue weighted by molar-refractivity contribution is 6.31. The summed E-state index contributed by atoms with van der Waals surface area (Å²) in [5, 5.41) is 0.385. The third kappa shape index (κ3) is 2.60. The number of anilines is 2. The van der Waals surface area contributed by atoms with E-state index in [-0.39, 0.29) is 11.6 Å². The van der Waals surface area contributed by atoms with E-state index in [1.165, 1.54) is 6.20 Å². The highest BCUT2D eigenvalue weighted by Gasteiger charge is 2.32. The third-order valence-electron chi connectivity index (χ3n) is 3.33. The number of nitrogen functional groups attached to an aromatic ring is 2. The number of nitrogens with two attached hydrogens (primary N) is 2. The van der Waals surface area contributed by atoms with Crippen molar-refractivity contribution in [2.24, 2.45) is 0 Å². The van der Waals surface area contributed by atoms with E-state index in [1.54, 1.807) is 18.2 Å². The van der Waals surface area contributed by atoms with Gasteiger partial charge in [0.05, 0.1) is 16.0 Å². The Hall–Kier alpha value is -2.07. The number of nitrogens with zero attached hydrogens (tertiary/aromatic N) is 1. The van der Waals surface area contributed by atoms with Gasteiger partial charge in [-0.3, -0.25) is 4.79 Å². The zero-order valence-corrected chi connectivity index (χ0v) is 12.1. The van der Waals surface area contributed by atoms with Crippen LogP contribution < -0.4 is 11.5 Å². The first-order valence-corrected chi connectivity index (χ1v) is 6.52. The Morgan fingerprint density at radius 2 is 1.80 bits per heavy atom. The van der Waals surface area contributed by atoms with E-state index in [2.05, 4.69) is 4.98 Å². The van der Waals surface area contributed by atoms with Gasteiger partial charge in [0.25, 0.3) is 0 Å². The van der Waals surface area contributed by atoms with Crippen LogP contribution in [-0.4, -0.2) is 10.8 Å². The van der Waals surface area contributed by atoms with Gasteiger partial charge in [-0.05, 0) is 37.6 Å². The van der Waals surface area contributed by atoms with Crippen LogP contribution in [0.2, 0.25) is 5.02 Å². The molecule has 0 saturated heterocycles. The Labute approximate surface area is 122 Å². The Kier molecular flexibility index (Phi) is 3.68. The predicted octanol–water partition coefficient (Wildman–Crippen LogP) is 3.06. The van der Waals surface area contributed by atoms with Crippen molar-refractivity contribution in [2.75, 3.05) is 11.5 Å². The molecule has 0 fully saturated rings. The lowest BCUT2D eigenvalue weighted by atomic mass is 9.78. The normalized spacial score (nSPS) is 11.3. The lowest BCUT2D eigenvalue weighted by Crippen LogP contribution is -2.30. The van der Waals surface area contributed by atoms with Crippen LogP contribution in [0, 0.1) is 0 Å². The molecule has 4 nitrogen and oxygen atoms in total. The second-order valence-corrected chi connectivity index (χ2v) is 5.60. The summed E-state index contributed by atoms with van der Waals surface area (Å²) in [6, 6.07) is 8.75. The maximum atomic E-state index is 12.7. The molecule has 0 saturated carbocycles. The molecule has 0 radical (unpaired) electrons. The average molecular weight is 290 g/mol. The maximum absolute atomic E-state index is 12.7. The zero-order chi connectivity index (χ0) is 14.9. The molecule has 2 aromatic rings. The number of hydrogen-bond acceptors (Lipinski definition) is 4. The lowest BCUT2D eigenvalue weighted by molar-refractivity contribution is 0.0909. The smallest absolute Gasteiger partial charge is 0.176 e. The van der Waals surface area contributed by atoms with Crippen LogP contribution in [0.4, 0.5) is 11.5 Å². The van der Waals surface area contributed by atoms with Crippen molar-refractivity contribution in [3.63, 3.8) is 0 Å². The van der Waals surface area contributed by atoms with Crippen molar-refractivity contribution in [1.29, 1.82) is 0 Å². The highest BCUT2D eigenvalue weighted by atomic mass is 35.5. The first-order chi connectivity index (χ1) is 9.32. The number of halogens is 1. The number of Topliss-reactive ketones (excluding diaryl/α,β-unsaturated/α-hetero) is 1. The molecule has 4 N–H and O–H groups in total. The number of ketones is 1. The van der Waals surface area contributed by atoms with E-state index in [0.717, 1.165) is 5.56 Å². The zero-order valence-electron chi connectivity index (χ0n) is 11.4. The minimum absolute atomic E-state index is 0.130. The first-order valence-electron chi connectivity index (χ1n) is 6.14. The van der Waals surface area contributed by atoms with Crippen molar-refractivity contribution in [2.45, 2.75) is 19.3 Å². The highest BCUT2D eigenvalue weighted by Crippen LogP contribution is 2.30. The summed E-state index contributed by atoms with van der Waals surface area (Å²) in [6.45, 7) is 3.67. The fraction of sp³-hybridized carbons (Fsp3) is 0.200. The molecule has 1 aromatic heterocycles. The predicted molar refractivity (Wildman–Crippen MR) is 81.9 cm³/mol. The summed E-state index contributed by atoms with van der Waals surface area (Å²) in [5.74, 6) is 0.0534. The molecule has 2 rings (SSSR count). The van der Waals surface area contributed by atoms with E-state index < -0.39 is 5.41 Å². The number of aromatic nitrogens is 1. The van der Waals surface area contributed by atoms with Gasteiger partial charge in [0.1, 0.15) is 5.82 Å². The van der Waals surface area contributed by atoms with Gasteiger partial charge in [-0.1, -0.05) is 23.7 Å². The molecule has 20 heavy (non-hydrogen) atoms. The molecule has 0 bridgehead atoms. The number of carbonyl (C=O) groups excluding carboxylic acids is 1. The molecule has 0 amide bonds. The second kappa shape index (κ2) is 5.13. The van der Waals surface area contributed by atoms with Gasteiger partial charge < -0.3 is 11.5 Å². The van der Waals surface area contributed by atoms with Crippen LogP contribution in [0.3, 0.4) is 0 Å². The fourth-order valence-electron chi connectivity index (χ4n) is 2.00. The monoisotopic (exact) mass is 289 g/mol. The average Bonchev–Trinajstić information content (AvgIpc) is 2.41. The van der Waals surface area contributed by atoms with Crippen molar-refractivity contribution in [3.8, 4) is 0 Å². The standard InChI is InChI=1S/C15H16ClN3O/c1-15(2,9-3-5-11(17)6-4-9)13(20)12-7-10(16)8-19-14(12)18/h3-8H,17H2,1-2H3,(H2,18,19). The number of pyridine rings is 1. The summed E-state index contributed by atoms with van der Waals surface area (Å²) < 4.78 is 0. The lowest BCUT2D eigenvalue weighted by Gasteiger charge is -2.24. The molecule has 0 spiro atoms. The van der Waals surface area contributed by atoms with Crippen LogP contribution >= 0.6 is 11.6 Å². The number of benzene rings is 1. The molecule has 0 aliphatic rings. The maximum Gasteiger partial charge on any atom is 0.176 e. The van der Waals surface area contributed by atoms with E-state index in [0.29, 0.717) is 16.3 Å². The van der Waals surface area contributed by atoms with Crippen molar-refractivity contribution >= 4 is 28.9 Å². The van der Waals surface area contributed by atoms with Crippen LogP contribution in [0.25, 0.3) is 0 Å². The van der Waals surface area contributed by atoms with Gasteiger partial charge >= 0.3 is 0 Å². The van der Waals surface area contributed by atoms with Crippen LogP contribution in [-0.2, 0) is 5.41 Å². The van der Waals surface area contributed by atoms with Gasteiger partial charge in [0, 0.05) is 11.9 Å².